The number of rotatable bonds is 3. The lowest BCUT2D eigenvalue weighted by Crippen LogP contribution is -2.13. The number of amides is 1. The van der Waals surface area contributed by atoms with E-state index >= 15 is 0 Å². The molecule has 4 heteroatoms. The molecule has 0 fully saturated rings. The van der Waals surface area contributed by atoms with Crippen LogP contribution in [0.5, 0.6) is 0 Å². The maximum absolute atomic E-state index is 10.3. The van der Waals surface area contributed by atoms with Gasteiger partial charge in [-0.1, -0.05) is 6.58 Å². The van der Waals surface area contributed by atoms with Gasteiger partial charge in [-0.3, -0.25) is 4.79 Å². The van der Waals surface area contributed by atoms with Gasteiger partial charge < -0.3 is 10.4 Å². The number of carboxylic acid groups (broad SMARTS) is 1. The van der Waals surface area contributed by atoms with Gasteiger partial charge in [-0.15, -0.1) is 0 Å². The highest BCUT2D eigenvalue weighted by Gasteiger charge is 1.87. The zero-order chi connectivity index (χ0) is 7.98. The second-order valence-electron chi connectivity index (χ2n) is 1.38. The van der Waals surface area contributed by atoms with Crippen LogP contribution in [0.2, 0.25) is 0 Å². The van der Waals surface area contributed by atoms with E-state index in [1.807, 2.05) is 0 Å². The van der Waals surface area contributed by atoms with E-state index in [-0.39, 0.29) is 0 Å². The molecular weight excluding hydrogens is 134 g/mol. The first-order valence-electron chi connectivity index (χ1n) is 2.49. The Labute approximate surface area is 57.9 Å². The first-order valence-corrected chi connectivity index (χ1v) is 2.49. The van der Waals surface area contributed by atoms with Gasteiger partial charge in [0.2, 0.25) is 5.91 Å². The Morgan fingerprint density at radius 2 is 2.10 bits per heavy atom. The maximum atomic E-state index is 10.3. The van der Waals surface area contributed by atoms with Crippen LogP contribution < -0.4 is 5.32 Å². The summed E-state index contributed by atoms with van der Waals surface area (Å²) in [6, 6.07) is 0. The fraction of sp³-hybridized carbons (Fsp3) is 0. The van der Waals surface area contributed by atoms with Crippen molar-refractivity contribution < 1.29 is 14.7 Å². The summed E-state index contributed by atoms with van der Waals surface area (Å²) in [5.74, 6) is -1.54. The van der Waals surface area contributed by atoms with Crippen molar-refractivity contribution in [2.24, 2.45) is 0 Å². The summed E-state index contributed by atoms with van der Waals surface area (Å²) >= 11 is 0. The number of aliphatic carboxylic acids is 1. The van der Waals surface area contributed by atoms with Crippen LogP contribution in [0, 0.1) is 0 Å². The Hall–Kier alpha value is -1.58. The molecule has 0 bridgehead atoms. The molecule has 0 saturated heterocycles. The summed E-state index contributed by atoms with van der Waals surface area (Å²) < 4.78 is 0. The molecule has 0 saturated carbocycles. The fourth-order valence-corrected chi connectivity index (χ4v) is 0.254. The molecule has 0 aromatic rings. The van der Waals surface area contributed by atoms with Crippen molar-refractivity contribution in [3.8, 4) is 0 Å². The quantitative estimate of drug-likeness (QED) is 0.539. The molecule has 2 N–H and O–H groups in total. The van der Waals surface area contributed by atoms with Crippen LogP contribution in [0.25, 0.3) is 0 Å². The summed E-state index contributed by atoms with van der Waals surface area (Å²) in [7, 11) is 0. The van der Waals surface area contributed by atoms with E-state index in [0.29, 0.717) is 0 Å². The minimum atomic E-state index is -1.11. The van der Waals surface area contributed by atoms with E-state index in [0.717, 1.165) is 18.4 Å². The molecule has 0 aliphatic rings. The molecule has 54 valence electrons. The number of nitrogens with one attached hydrogen (secondary N) is 1. The Morgan fingerprint density at radius 1 is 1.50 bits per heavy atom. The number of hydrogen-bond acceptors (Lipinski definition) is 2. The normalized spacial score (nSPS) is 9.20. The molecule has 0 heterocycles. The molecule has 1 amide bonds. The summed E-state index contributed by atoms with van der Waals surface area (Å²) in [6.07, 6.45) is 2.90. The van der Waals surface area contributed by atoms with Crippen LogP contribution in [0.4, 0.5) is 0 Å². The van der Waals surface area contributed by atoms with Crippen molar-refractivity contribution in [2.75, 3.05) is 0 Å². The van der Waals surface area contributed by atoms with Gasteiger partial charge in [0.05, 0.1) is 0 Å². The zero-order valence-corrected chi connectivity index (χ0v) is 5.20. The molecule has 0 unspecified atom stereocenters. The van der Waals surface area contributed by atoms with E-state index in [1.54, 1.807) is 0 Å². The molecule has 0 aromatic carbocycles. The monoisotopic (exact) mass is 141 g/mol. The summed E-state index contributed by atoms with van der Waals surface area (Å²) in [6.45, 7) is 3.17. The molecule has 0 aliphatic heterocycles. The van der Waals surface area contributed by atoms with Crippen molar-refractivity contribution >= 4 is 11.9 Å². The standard InChI is InChI=1S/C6H7NO3/c1-2-5(8)7-4-3-6(9)10/h2-4H,1H2,(H,7,8)(H,9,10). The van der Waals surface area contributed by atoms with Crippen LogP contribution in [0.1, 0.15) is 0 Å². The van der Waals surface area contributed by atoms with Gasteiger partial charge in [-0.25, -0.2) is 4.79 Å². The molecule has 10 heavy (non-hydrogen) atoms. The molecule has 0 aliphatic carbocycles. The van der Waals surface area contributed by atoms with E-state index in [9.17, 15) is 9.59 Å². The van der Waals surface area contributed by atoms with E-state index in [2.05, 4.69) is 11.9 Å². The number of carbonyl (C=O) groups excluding carboxylic acids is 1. The molecule has 0 rings (SSSR count). The molecule has 0 spiro atoms. The van der Waals surface area contributed by atoms with Crippen molar-refractivity contribution in [1.82, 2.24) is 5.32 Å². The van der Waals surface area contributed by atoms with Crippen LogP contribution in [0.3, 0.4) is 0 Å². The summed E-state index contributed by atoms with van der Waals surface area (Å²) in [4.78, 5) is 20.1. The first kappa shape index (κ1) is 8.42. The molecular formula is C6H7NO3. The predicted molar refractivity (Wildman–Crippen MR) is 35.1 cm³/mol. The lowest BCUT2D eigenvalue weighted by atomic mass is 10.5. The average molecular weight is 141 g/mol. The SMILES string of the molecule is C=CC(=O)NC=CC(=O)O. The highest BCUT2D eigenvalue weighted by Crippen LogP contribution is 1.69. The van der Waals surface area contributed by atoms with Gasteiger partial charge in [-0.05, 0) is 6.08 Å². The van der Waals surface area contributed by atoms with E-state index in [1.165, 1.54) is 0 Å². The van der Waals surface area contributed by atoms with Gasteiger partial charge >= 0.3 is 5.97 Å². The Kier molecular flexibility index (Phi) is 3.63. The van der Waals surface area contributed by atoms with Crippen molar-refractivity contribution in [3.05, 3.63) is 24.9 Å². The minimum absolute atomic E-state index is 0.433. The van der Waals surface area contributed by atoms with Gasteiger partial charge in [0.15, 0.2) is 0 Å². The van der Waals surface area contributed by atoms with Crippen LogP contribution in [-0.4, -0.2) is 17.0 Å². The van der Waals surface area contributed by atoms with Crippen LogP contribution in [-0.2, 0) is 9.59 Å². The average Bonchev–Trinajstić information content (AvgIpc) is 1.87. The number of carbonyl (C=O) groups is 2. The Balaban J connectivity index is 3.63. The van der Waals surface area contributed by atoms with Crippen molar-refractivity contribution in [3.63, 3.8) is 0 Å². The van der Waals surface area contributed by atoms with Gasteiger partial charge in [-0.2, -0.15) is 0 Å². The largest absolute Gasteiger partial charge is 0.478 e. The van der Waals surface area contributed by atoms with Gasteiger partial charge in [0.25, 0.3) is 0 Å². The number of hydrogen-bond donors (Lipinski definition) is 2. The summed E-state index contributed by atoms with van der Waals surface area (Å²) in [5.41, 5.74) is 0. The maximum Gasteiger partial charge on any atom is 0.329 e. The molecule has 0 radical (unpaired) electrons. The second-order valence-corrected chi connectivity index (χ2v) is 1.38. The van der Waals surface area contributed by atoms with E-state index in [4.69, 9.17) is 5.11 Å². The highest BCUT2D eigenvalue weighted by molar-refractivity contribution is 5.88. The third-order valence-corrected chi connectivity index (χ3v) is 0.637. The van der Waals surface area contributed by atoms with E-state index < -0.39 is 11.9 Å². The molecule has 0 atom stereocenters. The Morgan fingerprint density at radius 3 is 2.50 bits per heavy atom. The van der Waals surface area contributed by atoms with Crippen molar-refractivity contribution in [1.29, 1.82) is 0 Å². The fourth-order valence-electron chi connectivity index (χ4n) is 0.254. The zero-order valence-electron chi connectivity index (χ0n) is 5.20. The van der Waals surface area contributed by atoms with Gasteiger partial charge in [0, 0.05) is 12.3 Å². The van der Waals surface area contributed by atoms with Crippen molar-refractivity contribution in [2.45, 2.75) is 0 Å². The third-order valence-electron chi connectivity index (χ3n) is 0.637. The highest BCUT2D eigenvalue weighted by atomic mass is 16.4. The minimum Gasteiger partial charge on any atom is -0.478 e. The topological polar surface area (TPSA) is 66.4 Å². The Bertz CT molecular complexity index is 183. The summed E-state index contributed by atoms with van der Waals surface area (Å²) in [5, 5.41) is 10.2. The first-order chi connectivity index (χ1) is 4.66. The smallest absolute Gasteiger partial charge is 0.329 e. The molecule has 0 aromatic heterocycles. The van der Waals surface area contributed by atoms with Crippen LogP contribution in [0.15, 0.2) is 24.9 Å². The molecule has 4 nitrogen and oxygen atoms in total. The lowest BCUT2D eigenvalue weighted by Gasteiger charge is -1.88. The second kappa shape index (κ2) is 4.31. The third kappa shape index (κ3) is 4.58. The van der Waals surface area contributed by atoms with Crippen LogP contribution >= 0.6 is 0 Å². The number of carboxylic acids is 1. The predicted octanol–water partition coefficient (Wildman–Crippen LogP) is -0.113. The lowest BCUT2D eigenvalue weighted by molar-refractivity contribution is -0.131. The van der Waals surface area contributed by atoms with Gasteiger partial charge in [0.1, 0.15) is 0 Å².